The Labute approximate surface area is 203 Å². The van der Waals surface area contributed by atoms with E-state index in [-0.39, 0.29) is 29.9 Å². The molecule has 0 spiro atoms. The molecule has 0 aliphatic carbocycles. The van der Waals surface area contributed by atoms with Crippen molar-refractivity contribution in [1.82, 2.24) is 30.0 Å². The maximum Gasteiger partial charge on any atom is 0.254 e. The summed E-state index contributed by atoms with van der Waals surface area (Å²) >= 11 is 0. The third kappa shape index (κ3) is 4.67. The number of carbonyl (C=O) groups is 2. The van der Waals surface area contributed by atoms with Gasteiger partial charge in [-0.3, -0.25) is 14.3 Å². The van der Waals surface area contributed by atoms with E-state index in [1.807, 2.05) is 41.6 Å². The fourth-order valence-electron chi connectivity index (χ4n) is 4.59. The standard InChI is InChI=1S/C24H29N9O2/c1-14(2)32-8-9-33-16(11-21(32)34)10-20(31-33)29-24-27-13-18(22(25)35)23(30-24)28-19-5-3-4-15-12-26-7-6-17(15)19/h3-5,10,13-14,26H,6-9,11-12H2,1-2H3,(H2,25,35)(H2,27,28,29,30,31). The first-order chi connectivity index (χ1) is 16.9. The van der Waals surface area contributed by atoms with E-state index < -0.39 is 5.91 Å². The lowest BCUT2D eigenvalue weighted by Gasteiger charge is -2.24. The average molecular weight is 476 g/mol. The molecule has 5 N–H and O–H groups in total. The normalized spacial score (nSPS) is 15.4. The van der Waals surface area contributed by atoms with Crippen molar-refractivity contribution in [2.24, 2.45) is 5.73 Å². The van der Waals surface area contributed by atoms with Gasteiger partial charge in [0.05, 0.1) is 18.7 Å². The molecular weight excluding hydrogens is 446 g/mol. The number of amides is 2. The van der Waals surface area contributed by atoms with Gasteiger partial charge in [-0.25, -0.2) is 4.98 Å². The number of nitrogens with zero attached hydrogens (tertiary/aromatic N) is 5. The van der Waals surface area contributed by atoms with Crippen molar-refractivity contribution in [3.05, 3.63) is 52.8 Å². The molecule has 11 heteroatoms. The van der Waals surface area contributed by atoms with E-state index in [0.29, 0.717) is 24.7 Å². The molecule has 0 radical (unpaired) electrons. The third-order valence-electron chi connectivity index (χ3n) is 6.38. The van der Waals surface area contributed by atoms with E-state index in [4.69, 9.17) is 5.73 Å². The molecule has 0 unspecified atom stereocenters. The number of carbonyl (C=O) groups excluding carboxylic acids is 2. The number of nitrogens with one attached hydrogen (secondary N) is 3. The maximum absolute atomic E-state index is 12.6. The number of aromatic nitrogens is 4. The van der Waals surface area contributed by atoms with E-state index in [0.717, 1.165) is 30.9 Å². The molecule has 4 heterocycles. The number of fused-ring (bicyclic) bond motifs is 2. The first-order valence-electron chi connectivity index (χ1n) is 11.8. The topological polar surface area (TPSA) is 143 Å². The molecule has 0 atom stereocenters. The van der Waals surface area contributed by atoms with Crippen LogP contribution in [0.4, 0.5) is 23.3 Å². The van der Waals surface area contributed by atoms with Crippen LogP contribution in [0.1, 0.15) is 41.0 Å². The lowest BCUT2D eigenvalue weighted by Crippen LogP contribution is -2.38. The molecular formula is C24H29N9O2. The molecule has 2 aliphatic heterocycles. The van der Waals surface area contributed by atoms with E-state index >= 15 is 0 Å². The van der Waals surface area contributed by atoms with Crippen molar-refractivity contribution < 1.29 is 9.59 Å². The first kappa shape index (κ1) is 22.8. The summed E-state index contributed by atoms with van der Waals surface area (Å²) in [5, 5.41) is 14.3. The maximum atomic E-state index is 12.6. The fourth-order valence-corrected chi connectivity index (χ4v) is 4.59. The van der Waals surface area contributed by atoms with Gasteiger partial charge in [0.1, 0.15) is 11.4 Å². The molecule has 2 aromatic heterocycles. The summed E-state index contributed by atoms with van der Waals surface area (Å²) in [7, 11) is 0. The third-order valence-corrected chi connectivity index (χ3v) is 6.38. The predicted molar refractivity (Wildman–Crippen MR) is 132 cm³/mol. The molecule has 11 nitrogen and oxygen atoms in total. The smallest absolute Gasteiger partial charge is 0.254 e. The van der Waals surface area contributed by atoms with E-state index in [1.165, 1.54) is 17.3 Å². The molecule has 2 aliphatic rings. The molecule has 0 saturated carbocycles. The van der Waals surface area contributed by atoms with Crippen LogP contribution in [0.2, 0.25) is 0 Å². The van der Waals surface area contributed by atoms with Gasteiger partial charge in [0.2, 0.25) is 11.9 Å². The number of rotatable bonds is 6. The minimum atomic E-state index is -0.618. The highest BCUT2D eigenvalue weighted by Crippen LogP contribution is 2.28. The van der Waals surface area contributed by atoms with Crippen LogP contribution in [-0.2, 0) is 30.7 Å². The molecule has 2 amide bonds. The molecule has 5 rings (SSSR count). The number of nitrogens with two attached hydrogens (primary N) is 1. The van der Waals surface area contributed by atoms with Crippen molar-refractivity contribution in [2.45, 2.75) is 45.8 Å². The average Bonchev–Trinajstić information content (AvgIpc) is 3.12. The summed E-state index contributed by atoms with van der Waals surface area (Å²) in [4.78, 5) is 35.3. The second-order valence-electron chi connectivity index (χ2n) is 9.04. The molecule has 0 bridgehead atoms. The molecule has 1 aromatic carbocycles. The fraction of sp³-hybridized carbons (Fsp3) is 0.375. The Morgan fingerprint density at radius 3 is 2.89 bits per heavy atom. The second kappa shape index (κ2) is 9.34. The Morgan fingerprint density at radius 1 is 1.23 bits per heavy atom. The van der Waals surface area contributed by atoms with Gasteiger partial charge in [0, 0.05) is 37.1 Å². The molecule has 3 aromatic rings. The largest absolute Gasteiger partial charge is 0.365 e. The zero-order valence-corrected chi connectivity index (χ0v) is 19.8. The van der Waals surface area contributed by atoms with Crippen molar-refractivity contribution in [3.8, 4) is 0 Å². The van der Waals surface area contributed by atoms with Gasteiger partial charge in [-0.2, -0.15) is 10.1 Å². The van der Waals surface area contributed by atoms with Gasteiger partial charge >= 0.3 is 0 Å². The Morgan fingerprint density at radius 2 is 2.09 bits per heavy atom. The Balaban J connectivity index is 1.40. The van der Waals surface area contributed by atoms with Crippen LogP contribution >= 0.6 is 0 Å². The van der Waals surface area contributed by atoms with Crippen LogP contribution in [0.15, 0.2) is 30.5 Å². The number of hydrogen-bond donors (Lipinski definition) is 4. The zero-order valence-electron chi connectivity index (χ0n) is 19.8. The van der Waals surface area contributed by atoms with Gasteiger partial charge < -0.3 is 26.6 Å². The number of hydrogen-bond acceptors (Lipinski definition) is 8. The van der Waals surface area contributed by atoms with Gasteiger partial charge in [0.15, 0.2) is 5.82 Å². The highest BCUT2D eigenvalue weighted by Gasteiger charge is 2.24. The second-order valence-corrected chi connectivity index (χ2v) is 9.04. The lowest BCUT2D eigenvalue weighted by atomic mass is 9.99. The zero-order chi connectivity index (χ0) is 24.5. The highest BCUT2D eigenvalue weighted by atomic mass is 16.2. The first-order valence-corrected chi connectivity index (χ1v) is 11.8. The van der Waals surface area contributed by atoms with Crippen LogP contribution in [0.3, 0.4) is 0 Å². The van der Waals surface area contributed by atoms with Crippen molar-refractivity contribution >= 4 is 35.1 Å². The van der Waals surface area contributed by atoms with Gasteiger partial charge in [0.25, 0.3) is 5.91 Å². The highest BCUT2D eigenvalue weighted by molar-refractivity contribution is 5.98. The SMILES string of the molecule is CC(C)N1CCn2nc(Nc3ncc(C(N)=O)c(Nc4cccc5c4CCNC5)n3)cc2CC1=O. The molecule has 0 fully saturated rings. The summed E-state index contributed by atoms with van der Waals surface area (Å²) in [5.74, 6) is 0.595. The predicted octanol–water partition coefficient (Wildman–Crippen LogP) is 1.70. The Bertz CT molecular complexity index is 1280. The minimum Gasteiger partial charge on any atom is -0.365 e. The number of anilines is 4. The lowest BCUT2D eigenvalue weighted by molar-refractivity contribution is -0.131. The molecule has 35 heavy (non-hydrogen) atoms. The van der Waals surface area contributed by atoms with Crippen molar-refractivity contribution in [3.63, 3.8) is 0 Å². The van der Waals surface area contributed by atoms with Crippen LogP contribution in [0, 0.1) is 0 Å². The quantitative estimate of drug-likeness (QED) is 0.422. The number of benzene rings is 1. The summed E-state index contributed by atoms with van der Waals surface area (Å²) in [5.41, 5.74) is 9.90. The van der Waals surface area contributed by atoms with Crippen LogP contribution < -0.4 is 21.7 Å². The van der Waals surface area contributed by atoms with Crippen molar-refractivity contribution in [2.75, 3.05) is 23.7 Å². The number of primary amides is 1. The monoisotopic (exact) mass is 475 g/mol. The van der Waals surface area contributed by atoms with Crippen LogP contribution in [-0.4, -0.2) is 55.6 Å². The molecule has 0 saturated heterocycles. The Hall–Kier alpha value is -3.99. The van der Waals surface area contributed by atoms with E-state index in [9.17, 15) is 9.59 Å². The summed E-state index contributed by atoms with van der Waals surface area (Å²) < 4.78 is 1.84. The van der Waals surface area contributed by atoms with E-state index in [1.54, 1.807) is 0 Å². The summed E-state index contributed by atoms with van der Waals surface area (Å²) in [6, 6.07) is 8.01. The van der Waals surface area contributed by atoms with Crippen LogP contribution in [0.5, 0.6) is 0 Å². The van der Waals surface area contributed by atoms with Gasteiger partial charge in [-0.15, -0.1) is 0 Å². The summed E-state index contributed by atoms with van der Waals surface area (Å²) in [6.45, 7) is 6.93. The minimum absolute atomic E-state index is 0.0835. The summed E-state index contributed by atoms with van der Waals surface area (Å²) in [6.07, 6.45) is 2.56. The van der Waals surface area contributed by atoms with Gasteiger partial charge in [-0.05, 0) is 44.0 Å². The van der Waals surface area contributed by atoms with E-state index in [2.05, 4.69) is 37.1 Å². The Kier molecular flexibility index (Phi) is 6.08. The molecule has 182 valence electrons. The van der Waals surface area contributed by atoms with Gasteiger partial charge in [-0.1, -0.05) is 12.1 Å². The van der Waals surface area contributed by atoms with Crippen LogP contribution in [0.25, 0.3) is 0 Å². The van der Waals surface area contributed by atoms with Crippen molar-refractivity contribution in [1.29, 1.82) is 0 Å².